The Morgan fingerprint density at radius 2 is 1.69 bits per heavy atom. The zero-order valence-electron chi connectivity index (χ0n) is 12.8. The van der Waals surface area contributed by atoms with Crippen LogP contribution in [-0.4, -0.2) is 13.0 Å². The van der Waals surface area contributed by atoms with Crippen LogP contribution in [0.4, 0.5) is 8.78 Å². The van der Waals surface area contributed by atoms with Gasteiger partial charge in [-0.2, -0.15) is 5.26 Å². The van der Waals surface area contributed by atoms with E-state index in [0.29, 0.717) is 11.3 Å². The van der Waals surface area contributed by atoms with Crippen LogP contribution in [0.3, 0.4) is 0 Å². The molecule has 2 aromatic carbocycles. The van der Waals surface area contributed by atoms with E-state index in [2.05, 4.69) is 0 Å². The molecule has 1 heterocycles. The number of nitrogens with zero attached hydrogens (tertiary/aromatic N) is 2. The van der Waals surface area contributed by atoms with Crippen molar-refractivity contribution < 1.29 is 17.2 Å². The van der Waals surface area contributed by atoms with Crippen LogP contribution in [0.15, 0.2) is 51.5 Å². The van der Waals surface area contributed by atoms with Crippen LogP contribution in [0.25, 0.3) is 16.9 Å². The molecule has 0 aliphatic rings. The lowest BCUT2D eigenvalue weighted by atomic mass is 10.1. The van der Waals surface area contributed by atoms with Gasteiger partial charge in [-0.3, -0.25) is 9.36 Å². The quantitative estimate of drug-likeness (QED) is 0.737. The van der Waals surface area contributed by atoms with E-state index in [1.165, 1.54) is 34.2 Å². The molecule has 1 aromatic heterocycles. The smallest absolute Gasteiger partial charge is 0.267 e. The van der Waals surface area contributed by atoms with Crippen molar-refractivity contribution in [2.45, 2.75) is 4.90 Å². The number of hydrogen-bond acceptors (Lipinski definition) is 5. The van der Waals surface area contributed by atoms with Crippen LogP contribution < -0.4 is 10.0 Å². The molecule has 0 spiro atoms. The van der Waals surface area contributed by atoms with Crippen molar-refractivity contribution in [3.8, 4) is 23.0 Å². The lowest BCUT2D eigenvalue weighted by molar-refractivity contribution is 0.520. The van der Waals surface area contributed by atoms with Gasteiger partial charge in [0.1, 0.15) is 11.6 Å². The number of aromatic nitrogens is 1. The van der Waals surface area contributed by atoms with Crippen molar-refractivity contribution in [1.82, 2.24) is 4.57 Å². The molecule has 2 N–H and O–H groups in total. The fourth-order valence-electron chi connectivity index (χ4n) is 2.42. The fourth-order valence-corrected chi connectivity index (χ4v) is 3.84. The third-order valence-electron chi connectivity index (χ3n) is 3.53. The van der Waals surface area contributed by atoms with Gasteiger partial charge in [0.05, 0.1) is 23.0 Å². The first kappa shape index (κ1) is 17.9. The zero-order valence-corrected chi connectivity index (χ0v) is 14.4. The molecular weight excluding hydrogens is 384 g/mol. The van der Waals surface area contributed by atoms with Gasteiger partial charge >= 0.3 is 4.87 Å². The van der Waals surface area contributed by atoms with Gasteiger partial charge < -0.3 is 0 Å². The van der Waals surface area contributed by atoms with Gasteiger partial charge in [-0.15, -0.1) is 0 Å². The molecule has 6 nitrogen and oxygen atoms in total. The van der Waals surface area contributed by atoms with E-state index in [1.807, 2.05) is 6.07 Å². The second-order valence-corrected chi connectivity index (χ2v) is 7.51. The van der Waals surface area contributed by atoms with Crippen LogP contribution in [0.2, 0.25) is 0 Å². The maximum atomic E-state index is 14.1. The number of halogens is 2. The van der Waals surface area contributed by atoms with E-state index < -0.39 is 31.4 Å². The summed E-state index contributed by atoms with van der Waals surface area (Å²) in [7, 11) is -4.57. The Hall–Kier alpha value is -2.87. The van der Waals surface area contributed by atoms with E-state index in [-0.39, 0.29) is 11.3 Å². The maximum absolute atomic E-state index is 14.1. The lowest BCUT2D eigenvalue weighted by Crippen LogP contribution is -2.16. The first-order chi connectivity index (χ1) is 12.2. The zero-order chi connectivity index (χ0) is 19.1. The van der Waals surface area contributed by atoms with E-state index >= 15 is 0 Å². The van der Waals surface area contributed by atoms with Crippen LogP contribution in [0.5, 0.6) is 0 Å². The Balaban J connectivity index is 2.21. The van der Waals surface area contributed by atoms with Crippen LogP contribution in [0.1, 0.15) is 5.56 Å². The second-order valence-electron chi connectivity index (χ2n) is 5.19. The van der Waals surface area contributed by atoms with Gasteiger partial charge in [0.2, 0.25) is 10.0 Å². The Kier molecular flexibility index (Phi) is 4.45. The number of thiazole rings is 1. The van der Waals surface area contributed by atoms with E-state index in [0.717, 1.165) is 23.5 Å². The molecule has 0 amide bonds. The lowest BCUT2D eigenvalue weighted by Gasteiger charge is -2.10. The van der Waals surface area contributed by atoms with Gasteiger partial charge in [-0.25, -0.2) is 22.3 Å². The summed E-state index contributed by atoms with van der Waals surface area (Å²) >= 11 is 0.807. The fraction of sp³-hybridized carbons (Fsp3) is 0. The summed E-state index contributed by atoms with van der Waals surface area (Å²) < 4.78 is 52.0. The molecule has 26 heavy (non-hydrogen) atoms. The van der Waals surface area contributed by atoms with Crippen LogP contribution in [0, 0.1) is 23.0 Å². The van der Waals surface area contributed by atoms with Gasteiger partial charge in [0.15, 0.2) is 4.90 Å². The predicted molar refractivity (Wildman–Crippen MR) is 91.4 cm³/mol. The third-order valence-corrected chi connectivity index (χ3v) is 5.21. The minimum Gasteiger partial charge on any atom is -0.267 e. The molecule has 0 aliphatic carbocycles. The molecule has 0 aliphatic heterocycles. The Morgan fingerprint density at radius 3 is 2.19 bits per heavy atom. The van der Waals surface area contributed by atoms with Gasteiger partial charge in [0.25, 0.3) is 0 Å². The number of nitrogens with two attached hydrogens (primary N) is 1. The second kappa shape index (κ2) is 6.45. The highest BCUT2D eigenvalue weighted by atomic mass is 32.2. The summed E-state index contributed by atoms with van der Waals surface area (Å²) in [5.74, 6) is -2.71. The summed E-state index contributed by atoms with van der Waals surface area (Å²) in [4.78, 5) is 10.5. The number of hydrogen-bond donors (Lipinski definition) is 1. The molecule has 0 unspecified atom stereocenters. The summed E-state index contributed by atoms with van der Waals surface area (Å²) in [6.45, 7) is 0. The summed E-state index contributed by atoms with van der Waals surface area (Å²) in [5, 5.41) is 15.0. The minimum atomic E-state index is -4.57. The molecule has 132 valence electrons. The molecule has 0 saturated heterocycles. The first-order valence-corrected chi connectivity index (χ1v) is 9.38. The minimum absolute atomic E-state index is 0.0323. The van der Waals surface area contributed by atoms with E-state index in [4.69, 9.17) is 10.4 Å². The largest absolute Gasteiger partial charge is 0.312 e. The van der Waals surface area contributed by atoms with E-state index in [9.17, 15) is 22.0 Å². The monoisotopic (exact) mass is 393 g/mol. The van der Waals surface area contributed by atoms with E-state index in [1.54, 1.807) is 0 Å². The predicted octanol–water partition coefficient (Wildman–Crippen LogP) is 2.36. The Morgan fingerprint density at radius 1 is 1.12 bits per heavy atom. The number of sulfonamides is 1. The molecule has 0 saturated carbocycles. The summed E-state index contributed by atoms with van der Waals surface area (Å²) in [6, 6.07) is 9.56. The van der Waals surface area contributed by atoms with Gasteiger partial charge in [-0.05, 0) is 36.4 Å². The van der Waals surface area contributed by atoms with Crippen molar-refractivity contribution in [2.24, 2.45) is 5.14 Å². The summed E-state index contributed by atoms with van der Waals surface area (Å²) in [6.07, 6.45) is 0. The average Bonchev–Trinajstić information content (AvgIpc) is 2.94. The van der Waals surface area contributed by atoms with Gasteiger partial charge in [0, 0.05) is 10.9 Å². The Labute approximate surface area is 150 Å². The third kappa shape index (κ3) is 3.15. The highest BCUT2D eigenvalue weighted by molar-refractivity contribution is 7.89. The normalized spacial score (nSPS) is 11.3. The molecule has 0 radical (unpaired) electrons. The SMILES string of the molecule is N#Cc1ccc(-n2c(-c3cc(F)c(S(N)(=O)=O)c(F)c3)csc2=O)cc1. The highest BCUT2D eigenvalue weighted by Gasteiger charge is 2.23. The van der Waals surface area contributed by atoms with Gasteiger partial charge in [-0.1, -0.05) is 11.3 Å². The average molecular weight is 393 g/mol. The Bertz CT molecular complexity index is 1180. The van der Waals surface area contributed by atoms with Crippen molar-refractivity contribution in [3.63, 3.8) is 0 Å². The van der Waals surface area contributed by atoms with Crippen LogP contribution >= 0.6 is 11.3 Å². The molecule has 3 aromatic rings. The number of primary sulfonamides is 1. The molecule has 3 rings (SSSR count). The first-order valence-electron chi connectivity index (χ1n) is 6.95. The number of rotatable bonds is 3. The number of benzene rings is 2. The van der Waals surface area contributed by atoms with Crippen molar-refractivity contribution >= 4 is 21.4 Å². The standard InChI is InChI=1S/C16H9F2N3O3S2/c17-12-5-10(6-13(18)15(12)26(20,23)24)14-8-25-16(22)21(14)11-3-1-9(7-19)2-4-11/h1-6,8H,(H2,20,23,24). The molecule has 0 bridgehead atoms. The maximum Gasteiger partial charge on any atom is 0.312 e. The van der Waals surface area contributed by atoms with Crippen molar-refractivity contribution in [1.29, 1.82) is 5.26 Å². The van der Waals surface area contributed by atoms with Crippen LogP contribution in [-0.2, 0) is 10.0 Å². The van der Waals surface area contributed by atoms with Crippen molar-refractivity contribution in [3.05, 3.63) is 68.6 Å². The molecule has 0 atom stereocenters. The molecule has 10 heteroatoms. The molecular formula is C16H9F2N3O3S2. The highest BCUT2D eigenvalue weighted by Crippen LogP contribution is 2.28. The number of nitriles is 1. The molecule has 0 fully saturated rings. The topological polar surface area (TPSA) is 106 Å². The summed E-state index contributed by atoms with van der Waals surface area (Å²) in [5.41, 5.74) is 0.911. The van der Waals surface area contributed by atoms with Crippen molar-refractivity contribution in [2.75, 3.05) is 0 Å².